The number of fused-ring (bicyclic) bond motifs is 1. The van der Waals surface area contributed by atoms with Gasteiger partial charge in [-0.2, -0.15) is 0 Å². The Hall–Kier alpha value is -0.900. The van der Waals surface area contributed by atoms with E-state index < -0.39 is 0 Å². The molecule has 3 fully saturated rings. The van der Waals surface area contributed by atoms with E-state index in [1.165, 1.54) is 0 Å². The topological polar surface area (TPSA) is 49.4 Å². The van der Waals surface area contributed by atoms with Crippen molar-refractivity contribution in [3.8, 4) is 0 Å². The van der Waals surface area contributed by atoms with Crippen LogP contribution in [-0.2, 0) is 9.59 Å². The number of hydrogen-bond donors (Lipinski definition) is 1. The standard InChI is InChI=1S/C14H22N2O2/c1-2-9-5-11-12(6-9)14(18)16(13(11)17)4-3-10-7-15-8-10/h9-12,15H,2-8H2,1H3. The Labute approximate surface area is 108 Å². The number of carbonyl (C=O) groups is 2. The van der Waals surface area contributed by atoms with E-state index in [0.717, 1.165) is 38.8 Å². The van der Waals surface area contributed by atoms with Gasteiger partial charge in [-0.25, -0.2) is 0 Å². The molecule has 2 aliphatic heterocycles. The second-order valence-corrected chi connectivity index (χ2v) is 6.10. The van der Waals surface area contributed by atoms with Gasteiger partial charge in [0, 0.05) is 6.54 Å². The highest BCUT2D eigenvalue weighted by Crippen LogP contribution is 2.44. The zero-order chi connectivity index (χ0) is 12.7. The van der Waals surface area contributed by atoms with Crippen LogP contribution in [0.1, 0.15) is 32.6 Å². The molecule has 0 aromatic rings. The first-order chi connectivity index (χ1) is 8.70. The van der Waals surface area contributed by atoms with Crippen LogP contribution in [-0.4, -0.2) is 36.3 Å². The maximum absolute atomic E-state index is 12.3. The van der Waals surface area contributed by atoms with Crippen molar-refractivity contribution in [2.75, 3.05) is 19.6 Å². The van der Waals surface area contributed by atoms with E-state index in [9.17, 15) is 9.59 Å². The molecule has 0 aromatic heterocycles. The first-order valence-electron chi connectivity index (χ1n) is 7.26. The van der Waals surface area contributed by atoms with E-state index in [1.807, 2.05) is 0 Å². The van der Waals surface area contributed by atoms with Crippen molar-refractivity contribution < 1.29 is 9.59 Å². The molecule has 0 aromatic carbocycles. The normalized spacial score (nSPS) is 36.1. The number of hydrogen-bond acceptors (Lipinski definition) is 3. The van der Waals surface area contributed by atoms with Gasteiger partial charge in [-0.05, 0) is 44.2 Å². The predicted octanol–water partition coefficient (Wildman–Crippen LogP) is 1.02. The van der Waals surface area contributed by atoms with Gasteiger partial charge in [-0.1, -0.05) is 13.3 Å². The highest BCUT2D eigenvalue weighted by molar-refractivity contribution is 6.05. The number of rotatable bonds is 4. The minimum Gasteiger partial charge on any atom is -0.316 e. The summed E-state index contributed by atoms with van der Waals surface area (Å²) in [6.45, 7) is 4.89. The molecule has 0 bridgehead atoms. The Morgan fingerprint density at radius 3 is 2.17 bits per heavy atom. The molecule has 4 heteroatoms. The molecule has 100 valence electrons. The molecule has 1 N–H and O–H groups in total. The molecule has 18 heavy (non-hydrogen) atoms. The first kappa shape index (κ1) is 12.2. The molecular formula is C14H22N2O2. The van der Waals surface area contributed by atoms with Crippen molar-refractivity contribution in [3.05, 3.63) is 0 Å². The smallest absolute Gasteiger partial charge is 0.233 e. The van der Waals surface area contributed by atoms with E-state index in [4.69, 9.17) is 0 Å². The van der Waals surface area contributed by atoms with Gasteiger partial charge in [0.1, 0.15) is 0 Å². The summed E-state index contributed by atoms with van der Waals surface area (Å²) in [5.74, 6) is 1.52. The van der Waals surface area contributed by atoms with Gasteiger partial charge in [0.15, 0.2) is 0 Å². The maximum Gasteiger partial charge on any atom is 0.233 e. The molecule has 1 aliphatic carbocycles. The molecule has 3 aliphatic rings. The number of carbonyl (C=O) groups excluding carboxylic acids is 2. The van der Waals surface area contributed by atoms with Gasteiger partial charge in [-0.3, -0.25) is 14.5 Å². The number of nitrogens with one attached hydrogen (secondary N) is 1. The molecule has 1 saturated carbocycles. The zero-order valence-electron chi connectivity index (χ0n) is 11.0. The Bertz CT molecular complexity index is 341. The second kappa shape index (κ2) is 4.65. The van der Waals surface area contributed by atoms with Crippen LogP contribution in [0.25, 0.3) is 0 Å². The monoisotopic (exact) mass is 250 g/mol. The molecule has 2 saturated heterocycles. The largest absolute Gasteiger partial charge is 0.316 e. The molecule has 0 radical (unpaired) electrons. The highest BCUT2D eigenvalue weighted by Gasteiger charge is 2.51. The van der Waals surface area contributed by atoms with Crippen LogP contribution in [0, 0.1) is 23.7 Å². The average molecular weight is 250 g/mol. The Morgan fingerprint density at radius 1 is 1.11 bits per heavy atom. The summed E-state index contributed by atoms with van der Waals surface area (Å²) in [6.07, 6.45) is 3.95. The molecule has 0 spiro atoms. The minimum absolute atomic E-state index is 0.0157. The summed E-state index contributed by atoms with van der Waals surface area (Å²) < 4.78 is 0. The Balaban J connectivity index is 1.60. The lowest BCUT2D eigenvalue weighted by atomic mass is 9.99. The lowest BCUT2D eigenvalue weighted by Crippen LogP contribution is -2.44. The first-order valence-corrected chi connectivity index (χ1v) is 7.26. The molecule has 4 nitrogen and oxygen atoms in total. The van der Waals surface area contributed by atoms with Crippen LogP contribution in [0.15, 0.2) is 0 Å². The van der Waals surface area contributed by atoms with Gasteiger partial charge in [0.2, 0.25) is 11.8 Å². The van der Waals surface area contributed by atoms with E-state index >= 15 is 0 Å². The van der Waals surface area contributed by atoms with Crippen molar-refractivity contribution in [1.29, 1.82) is 0 Å². The van der Waals surface area contributed by atoms with Gasteiger partial charge in [0.05, 0.1) is 11.8 Å². The minimum atomic E-state index is 0.0157. The third-order valence-electron chi connectivity index (χ3n) is 5.03. The van der Waals surface area contributed by atoms with Crippen molar-refractivity contribution >= 4 is 11.8 Å². The highest BCUT2D eigenvalue weighted by atomic mass is 16.2. The molecule has 2 heterocycles. The zero-order valence-corrected chi connectivity index (χ0v) is 11.0. The van der Waals surface area contributed by atoms with Gasteiger partial charge in [-0.15, -0.1) is 0 Å². The summed E-state index contributed by atoms with van der Waals surface area (Å²) in [4.78, 5) is 26.1. The molecular weight excluding hydrogens is 228 g/mol. The van der Waals surface area contributed by atoms with Gasteiger partial charge < -0.3 is 5.32 Å². The summed E-state index contributed by atoms with van der Waals surface area (Å²) in [6, 6.07) is 0. The van der Waals surface area contributed by atoms with Crippen LogP contribution in [0.3, 0.4) is 0 Å². The SMILES string of the molecule is CCC1CC2C(=O)N(CCC3CNC3)C(=O)C2C1. The second-order valence-electron chi connectivity index (χ2n) is 6.10. The van der Waals surface area contributed by atoms with Crippen LogP contribution >= 0.6 is 0 Å². The summed E-state index contributed by atoms with van der Waals surface area (Å²) in [7, 11) is 0. The lowest BCUT2D eigenvalue weighted by Gasteiger charge is -2.28. The van der Waals surface area contributed by atoms with Crippen LogP contribution in [0.2, 0.25) is 0 Å². The molecule has 3 rings (SSSR count). The third-order valence-corrected chi connectivity index (χ3v) is 5.03. The van der Waals surface area contributed by atoms with Crippen molar-refractivity contribution in [2.45, 2.75) is 32.6 Å². The lowest BCUT2D eigenvalue weighted by molar-refractivity contribution is -0.140. The fourth-order valence-electron chi connectivity index (χ4n) is 3.62. The number of amides is 2. The fraction of sp³-hybridized carbons (Fsp3) is 0.857. The van der Waals surface area contributed by atoms with Crippen LogP contribution in [0.5, 0.6) is 0 Å². The number of nitrogens with zero attached hydrogens (tertiary/aromatic N) is 1. The predicted molar refractivity (Wildman–Crippen MR) is 67.7 cm³/mol. The summed E-state index contributed by atoms with van der Waals surface area (Å²) in [5.41, 5.74) is 0. The quantitative estimate of drug-likeness (QED) is 0.758. The number of likely N-dealkylation sites (tertiary alicyclic amines) is 1. The van der Waals surface area contributed by atoms with E-state index in [-0.39, 0.29) is 23.7 Å². The van der Waals surface area contributed by atoms with E-state index in [1.54, 1.807) is 4.90 Å². The van der Waals surface area contributed by atoms with Crippen molar-refractivity contribution in [1.82, 2.24) is 10.2 Å². The third kappa shape index (κ3) is 1.87. The summed E-state index contributed by atoms with van der Waals surface area (Å²) >= 11 is 0. The fourth-order valence-corrected chi connectivity index (χ4v) is 3.62. The van der Waals surface area contributed by atoms with Crippen LogP contribution < -0.4 is 5.32 Å². The van der Waals surface area contributed by atoms with E-state index in [0.29, 0.717) is 18.4 Å². The number of imide groups is 1. The Morgan fingerprint density at radius 2 is 1.72 bits per heavy atom. The van der Waals surface area contributed by atoms with Gasteiger partial charge in [0.25, 0.3) is 0 Å². The molecule has 2 atom stereocenters. The van der Waals surface area contributed by atoms with Crippen molar-refractivity contribution in [3.63, 3.8) is 0 Å². The maximum atomic E-state index is 12.3. The Kier molecular flexibility index (Phi) is 3.14. The van der Waals surface area contributed by atoms with Crippen molar-refractivity contribution in [2.24, 2.45) is 23.7 Å². The van der Waals surface area contributed by atoms with Crippen LogP contribution in [0.4, 0.5) is 0 Å². The van der Waals surface area contributed by atoms with Gasteiger partial charge >= 0.3 is 0 Å². The summed E-state index contributed by atoms with van der Waals surface area (Å²) in [5, 5.41) is 3.22. The van der Waals surface area contributed by atoms with E-state index in [2.05, 4.69) is 12.2 Å². The molecule has 2 unspecified atom stereocenters. The molecule has 2 amide bonds. The average Bonchev–Trinajstić information content (AvgIpc) is 2.82.